The Morgan fingerprint density at radius 1 is 0.985 bits per heavy atom. The minimum atomic E-state index is -0.574. The molecular formula is C53H76N6O6S2. The summed E-state index contributed by atoms with van der Waals surface area (Å²) in [7, 11) is 4.12. The summed E-state index contributed by atoms with van der Waals surface area (Å²) in [6.07, 6.45) is 29.7. The first kappa shape index (κ1) is 47.2. The van der Waals surface area contributed by atoms with Crippen LogP contribution in [-0.2, 0) is 27.3 Å². The Morgan fingerprint density at radius 3 is 2.60 bits per heavy atom. The number of carbonyl (C=O) groups excluding carboxylic acids is 2. The zero-order valence-corrected chi connectivity index (χ0v) is 41.5. The average Bonchev–Trinajstić information content (AvgIpc) is 4.05. The van der Waals surface area contributed by atoms with Crippen LogP contribution in [0.2, 0.25) is 0 Å². The van der Waals surface area contributed by atoms with Gasteiger partial charge in [-0.25, -0.2) is 0 Å². The molecule has 5 fully saturated rings. The fraction of sp³-hybridized carbons (Fsp3) is 0.717. The molecule has 8 N–H and O–H groups in total. The number of aliphatic hydroxyl groups excluding tert-OH is 1. The highest BCUT2D eigenvalue weighted by molar-refractivity contribution is 8.77. The summed E-state index contributed by atoms with van der Waals surface area (Å²) in [6.45, 7) is 3.33. The van der Waals surface area contributed by atoms with E-state index < -0.39 is 23.2 Å². The number of aliphatic hydroxyl groups is 1. The number of nitrogens with two attached hydrogens (primary N) is 2. The molecule has 0 aromatic heterocycles. The lowest BCUT2D eigenvalue weighted by Gasteiger charge is -2.45. The molecule has 4 saturated carbocycles. The number of aryl methyl sites for hydroxylation is 1. The minimum absolute atomic E-state index is 0.0477. The van der Waals surface area contributed by atoms with E-state index in [4.69, 9.17) is 25.9 Å². The van der Waals surface area contributed by atoms with Crippen molar-refractivity contribution < 1.29 is 29.3 Å². The maximum atomic E-state index is 14.5. The Labute approximate surface area is 406 Å². The van der Waals surface area contributed by atoms with Crippen LogP contribution in [0.25, 0.3) is 0 Å². The normalized spacial score (nSPS) is 36.6. The van der Waals surface area contributed by atoms with Crippen molar-refractivity contribution in [3.05, 3.63) is 58.5 Å². The molecule has 11 aliphatic rings. The Hall–Kier alpha value is -3.49. The summed E-state index contributed by atoms with van der Waals surface area (Å²) in [5, 5.41) is 31.6. The lowest BCUT2D eigenvalue weighted by molar-refractivity contribution is -0.148. The molecule has 1 aromatic rings. The van der Waals surface area contributed by atoms with Crippen molar-refractivity contribution >= 4 is 39.4 Å². The van der Waals surface area contributed by atoms with E-state index in [2.05, 4.69) is 45.7 Å². The number of dihydropyridines is 1. The van der Waals surface area contributed by atoms with Gasteiger partial charge in [-0.2, -0.15) is 0 Å². The van der Waals surface area contributed by atoms with Crippen molar-refractivity contribution in [3.63, 3.8) is 0 Å². The number of esters is 1. The van der Waals surface area contributed by atoms with Gasteiger partial charge < -0.3 is 46.7 Å². The molecule has 8 bridgehead atoms. The largest absolute Gasteiger partial charge is 0.504 e. The number of benzene rings is 1. The third kappa shape index (κ3) is 9.71. The Morgan fingerprint density at radius 2 is 1.79 bits per heavy atom. The van der Waals surface area contributed by atoms with Crippen LogP contribution in [0.5, 0.6) is 11.5 Å². The predicted octanol–water partition coefficient (Wildman–Crippen LogP) is 8.89. The number of allylic oxidation sites excluding steroid dienone is 3. The molecule has 1 aromatic carbocycles. The first-order valence-electron chi connectivity index (χ1n) is 26.1. The van der Waals surface area contributed by atoms with Crippen molar-refractivity contribution in [3.8, 4) is 11.5 Å². The lowest BCUT2D eigenvalue weighted by Crippen LogP contribution is -2.55. The van der Waals surface area contributed by atoms with Crippen LogP contribution < -0.4 is 26.8 Å². The second kappa shape index (κ2) is 19.4. The van der Waals surface area contributed by atoms with Crippen molar-refractivity contribution in [2.24, 2.45) is 39.1 Å². The van der Waals surface area contributed by atoms with Gasteiger partial charge in [-0.3, -0.25) is 14.6 Å². The van der Waals surface area contributed by atoms with Crippen LogP contribution in [0.1, 0.15) is 171 Å². The van der Waals surface area contributed by atoms with E-state index in [0.717, 1.165) is 55.2 Å². The molecule has 14 heteroatoms. The number of nitrogens with zero attached hydrogens (tertiary/aromatic N) is 2. The van der Waals surface area contributed by atoms with Crippen LogP contribution in [-0.4, -0.2) is 80.5 Å². The average molecular weight is 957 g/mol. The van der Waals surface area contributed by atoms with Gasteiger partial charge in [-0.15, -0.1) is 0 Å². The van der Waals surface area contributed by atoms with Crippen molar-refractivity contribution in [1.82, 2.24) is 15.5 Å². The minimum Gasteiger partial charge on any atom is -0.504 e. The zero-order valence-electron chi connectivity index (χ0n) is 39.8. The van der Waals surface area contributed by atoms with Crippen LogP contribution in [0.3, 0.4) is 0 Å². The molecule has 0 unspecified atom stereocenters. The molecule has 7 atom stereocenters. The number of aromatic hydroxyl groups is 1. The number of ether oxygens (including phenoxy) is 2. The fourth-order valence-electron chi connectivity index (χ4n) is 14.5. The van der Waals surface area contributed by atoms with Gasteiger partial charge in [0.15, 0.2) is 17.5 Å². The molecule has 0 radical (unpaired) electrons. The van der Waals surface area contributed by atoms with E-state index >= 15 is 0 Å². The number of hydrogen-bond donors (Lipinski definition) is 6. The number of aliphatic imine (C=N–C) groups is 1. The van der Waals surface area contributed by atoms with E-state index in [-0.39, 0.29) is 40.4 Å². The van der Waals surface area contributed by atoms with E-state index in [0.29, 0.717) is 105 Å². The molecule has 12 rings (SSSR count). The van der Waals surface area contributed by atoms with E-state index in [1.807, 2.05) is 21.8 Å². The van der Waals surface area contributed by atoms with E-state index in [1.54, 1.807) is 0 Å². The maximum Gasteiger partial charge on any atom is 0.302 e. The second-order valence-corrected chi connectivity index (χ2v) is 25.2. The summed E-state index contributed by atoms with van der Waals surface area (Å²) in [5.41, 5.74) is 16.5. The fourth-order valence-corrected chi connectivity index (χ4v) is 18.5. The highest BCUT2D eigenvalue weighted by Gasteiger charge is 2.57. The number of phenols is 1. The van der Waals surface area contributed by atoms with Crippen molar-refractivity contribution in [1.29, 1.82) is 0 Å². The van der Waals surface area contributed by atoms with Gasteiger partial charge in [0.1, 0.15) is 16.6 Å². The molecule has 12 nitrogen and oxygen atoms in total. The molecule has 1 saturated heterocycles. The topological polar surface area (TPSA) is 185 Å². The molecule has 1 amide bonds. The van der Waals surface area contributed by atoms with Crippen molar-refractivity contribution in [2.75, 3.05) is 19.6 Å². The van der Waals surface area contributed by atoms with Gasteiger partial charge >= 0.3 is 5.97 Å². The van der Waals surface area contributed by atoms with E-state index in [1.165, 1.54) is 71.1 Å². The quantitative estimate of drug-likeness (QED) is 0.0963. The van der Waals surface area contributed by atoms with E-state index in [9.17, 15) is 19.8 Å². The number of guanidine groups is 1. The first-order chi connectivity index (χ1) is 32.3. The number of amides is 1. The van der Waals surface area contributed by atoms with Gasteiger partial charge in [0.05, 0.1) is 11.9 Å². The maximum absolute atomic E-state index is 14.5. The summed E-state index contributed by atoms with van der Waals surface area (Å²) in [5.74, 6) is 2.55. The van der Waals surface area contributed by atoms with Gasteiger partial charge in [-0.05, 0) is 157 Å². The summed E-state index contributed by atoms with van der Waals surface area (Å²) in [6, 6.07) is 2.09. The van der Waals surface area contributed by atoms with Crippen LogP contribution >= 0.6 is 21.6 Å². The summed E-state index contributed by atoms with van der Waals surface area (Å²) < 4.78 is 13.0. The Bertz CT molecular complexity index is 2160. The molecular weight excluding hydrogens is 881 g/mol. The SMILES string of the molecule is CC(=O)O[C@@H]1CCc2cc(c(O)c3c2[C@H]2C=C[C@@]4(CCC[C@H]4C2)O3)CN2C[C@@](CC3=CCNC(N)=C3)(CCN=C(N)N[C@]3(CCCC34CCCC4)SSC3CCC(CC3)CC[C@H](O)C1)CC2=O. The van der Waals surface area contributed by atoms with Gasteiger partial charge in [-0.1, -0.05) is 46.6 Å². The molecule has 67 heavy (non-hydrogen) atoms. The zero-order chi connectivity index (χ0) is 46.4. The Balaban J connectivity index is 0.985. The summed E-state index contributed by atoms with van der Waals surface area (Å²) in [4.78, 5) is 33.9. The number of rotatable bonds is 3. The third-order valence-corrected chi connectivity index (χ3v) is 21.7. The van der Waals surface area contributed by atoms with Gasteiger partial charge in [0.2, 0.25) is 5.91 Å². The number of carbonyl (C=O) groups is 2. The molecule has 3 spiro atoms. The first-order valence-corrected chi connectivity index (χ1v) is 28.3. The van der Waals surface area contributed by atoms with Crippen LogP contribution in [0.15, 0.2) is 46.8 Å². The third-order valence-electron chi connectivity index (χ3n) is 17.9. The highest BCUT2D eigenvalue weighted by Crippen LogP contribution is 2.64. The number of fused-ring (bicyclic) bond motifs is 12. The second-order valence-electron chi connectivity index (χ2n) is 22.4. The lowest BCUT2D eigenvalue weighted by atomic mass is 9.75. The highest BCUT2D eigenvalue weighted by atomic mass is 33.1. The standard InChI is InChI=1S/C53H76N6O6S2/c1-34(60)64-42-12-10-37-27-39(47(63)48-46(37)38-15-22-52(65-48)20-4-6-40(52)28-38)32-59-33-50(31-45(59)62,30-36-16-24-56-44(54)26-36)23-25-57-49(55)58-53(21-5-19-51(53)17-2-3-18-51)67-66-43-13-8-35(9-14-43)7-11-41(61)29-42/h15-16,22,26-27,35,38,40-43,56,61,63H,2-14,17-21,23-25,28-33,54H2,1H3,(H3,55,57,58)/t35?,38-,40-,41-,42+,43?,50+,52+,53+/m0/s1. The molecule has 6 heterocycles. The number of nitrogens with one attached hydrogen (secondary N) is 2. The smallest absolute Gasteiger partial charge is 0.302 e. The predicted molar refractivity (Wildman–Crippen MR) is 267 cm³/mol. The Kier molecular flexibility index (Phi) is 13.6. The molecule has 5 aliphatic carbocycles. The number of hydrogen-bond acceptors (Lipinski definition) is 13. The van der Waals surface area contributed by atoms with Gasteiger partial charge in [0.25, 0.3) is 0 Å². The van der Waals surface area contributed by atoms with Crippen molar-refractivity contribution in [2.45, 2.75) is 195 Å². The van der Waals surface area contributed by atoms with Gasteiger partial charge in [0, 0.05) is 85.0 Å². The molecule has 6 aliphatic heterocycles. The summed E-state index contributed by atoms with van der Waals surface area (Å²) >= 11 is 0. The monoisotopic (exact) mass is 957 g/mol. The van der Waals surface area contributed by atoms with Crippen LogP contribution in [0, 0.1) is 22.7 Å². The number of phenolic OH excluding ortho intramolecular Hbond substituents is 1. The van der Waals surface area contributed by atoms with Crippen LogP contribution in [0.4, 0.5) is 0 Å². The molecule has 366 valence electrons.